The first kappa shape index (κ1) is 12.0. The van der Waals surface area contributed by atoms with Gasteiger partial charge in [0, 0.05) is 13.2 Å². The largest absolute Gasteiger partial charge is 0.395 e. The van der Waals surface area contributed by atoms with E-state index in [1.165, 1.54) is 32.1 Å². The van der Waals surface area contributed by atoms with Crippen LogP contribution in [0, 0.1) is 0 Å². The molecule has 1 heterocycles. The molecule has 0 amide bonds. The smallest absolute Gasteiger partial charge is 0.0575 e. The van der Waals surface area contributed by atoms with Crippen molar-refractivity contribution in [2.45, 2.75) is 38.2 Å². The number of ether oxygens (including phenoxy) is 1. The lowest BCUT2D eigenvalue weighted by Gasteiger charge is -2.23. The third-order valence-corrected chi connectivity index (χ3v) is 2.82. The van der Waals surface area contributed by atoms with Crippen LogP contribution in [0.4, 0.5) is 0 Å². The summed E-state index contributed by atoms with van der Waals surface area (Å²) in [7, 11) is 2.05. The molecule has 0 saturated carbocycles. The average molecular weight is 201 g/mol. The highest BCUT2D eigenvalue weighted by molar-refractivity contribution is 4.64. The SMILES string of the molecule is CN(CCO)CCCC1CCCCO1. The molecule has 0 aromatic carbocycles. The molecule has 1 N–H and O–H groups in total. The van der Waals surface area contributed by atoms with E-state index in [2.05, 4.69) is 11.9 Å². The molecule has 1 aliphatic rings. The molecule has 0 bridgehead atoms. The summed E-state index contributed by atoms with van der Waals surface area (Å²) in [6, 6.07) is 0. The second kappa shape index (κ2) is 7.21. The van der Waals surface area contributed by atoms with E-state index in [-0.39, 0.29) is 6.61 Å². The molecule has 14 heavy (non-hydrogen) atoms. The summed E-state index contributed by atoms with van der Waals surface area (Å²) in [5.41, 5.74) is 0. The summed E-state index contributed by atoms with van der Waals surface area (Å²) in [5, 5.41) is 8.72. The molecule has 0 aromatic rings. The van der Waals surface area contributed by atoms with Crippen molar-refractivity contribution in [3.8, 4) is 0 Å². The molecule has 1 aliphatic heterocycles. The predicted octanol–water partition coefficient (Wildman–Crippen LogP) is 1.26. The monoisotopic (exact) mass is 201 g/mol. The predicted molar refractivity (Wildman–Crippen MR) is 57.4 cm³/mol. The molecular weight excluding hydrogens is 178 g/mol. The number of hydrogen-bond donors (Lipinski definition) is 1. The van der Waals surface area contributed by atoms with Gasteiger partial charge in [-0.15, -0.1) is 0 Å². The van der Waals surface area contributed by atoms with Gasteiger partial charge in [-0.25, -0.2) is 0 Å². The first-order valence-electron chi connectivity index (χ1n) is 5.74. The zero-order valence-electron chi connectivity index (χ0n) is 9.24. The lowest BCUT2D eigenvalue weighted by molar-refractivity contribution is 0.00885. The lowest BCUT2D eigenvalue weighted by Crippen LogP contribution is -2.25. The Balaban J connectivity index is 1.96. The van der Waals surface area contributed by atoms with Gasteiger partial charge in [-0.1, -0.05) is 0 Å². The maximum absolute atomic E-state index is 8.72. The molecule has 1 atom stereocenters. The van der Waals surface area contributed by atoms with Gasteiger partial charge in [-0.05, 0) is 45.7 Å². The Bertz CT molecular complexity index is 135. The van der Waals surface area contributed by atoms with Crippen LogP contribution in [-0.4, -0.2) is 49.5 Å². The molecule has 3 heteroatoms. The Morgan fingerprint density at radius 3 is 2.86 bits per heavy atom. The molecular formula is C11H23NO2. The van der Waals surface area contributed by atoms with E-state index in [0.717, 1.165) is 19.7 Å². The maximum Gasteiger partial charge on any atom is 0.0575 e. The van der Waals surface area contributed by atoms with Gasteiger partial charge in [-0.2, -0.15) is 0 Å². The van der Waals surface area contributed by atoms with Crippen molar-refractivity contribution in [1.29, 1.82) is 0 Å². The molecule has 1 fully saturated rings. The molecule has 0 aliphatic carbocycles. The van der Waals surface area contributed by atoms with Gasteiger partial charge >= 0.3 is 0 Å². The van der Waals surface area contributed by atoms with E-state index in [1.54, 1.807) is 0 Å². The topological polar surface area (TPSA) is 32.7 Å². The minimum atomic E-state index is 0.260. The van der Waals surface area contributed by atoms with Gasteiger partial charge in [0.1, 0.15) is 0 Å². The highest BCUT2D eigenvalue weighted by Gasteiger charge is 2.13. The Hall–Kier alpha value is -0.120. The first-order chi connectivity index (χ1) is 6.83. The standard InChI is InChI=1S/C11H23NO2/c1-12(8-9-13)7-4-6-11-5-2-3-10-14-11/h11,13H,2-10H2,1H3. The summed E-state index contributed by atoms with van der Waals surface area (Å²) in [4.78, 5) is 2.17. The fourth-order valence-electron chi connectivity index (χ4n) is 1.91. The van der Waals surface area contributed by atoms with Crippen LogP contribution in [0.25, 0.3) is 0 Å². The van der Waals surface area contributed by atoms with Gasteiger partial charge in [0.15, 0.2) is 0 Å². The minimum absolute atomic E-state index is 0.260. The first-order valence-corrected chi connectivity index (χ1v) is 5.74. The van der Waals surface area contributed by atoms with Crippen molar-refractivity contribution in [3.05, 3.63) is 0 Å². The highest BCUT2D eigenvalue weighted by Crippen LogP contribution is 2.16. The van der Waals surface area contributed by atoms with Crippen LogP contribution in [0.15, 0.2) is 0 Å². The van der Waals surface area contributed by atoms with Crippen LogP contribution in [-0.2, 0) is 4.74 Å². The third-order valence-electron chi connectivity index (χ3n) is 2.82. The second-order valence-electron chi connectivity index (χ2n) is 4.16. The van der Waals surface area contributed by atoms with E-state index in [9.17, 15) is 0 Å². The molecule has 0 spiro atoms. The van der Waals surface area contributed by atoms with E-state index in [4.69, 9.17) is 9.84 Å². The van der Waals surface area contributed by atoms with E-state index < -0.39 is 0 Å². The summed E-state index contributed by atoms with van der Waals surface area (Å²) in [6.07, 6.45) is 6.67. The highest BCUT2D eigenvalue weighted by atomic mass is 16.5. The molecule has 0 aromatic heterocycles. The normalized spacial score (nSPS) is 22.9. The molecule has 1 unspecified atom stereocenters. The van der Waals surface area contributed by atoms with Gasteiger partial charge in [-0.3, -0.25) is 0 Å². The second-order valence-corrected chi connectivity index (χ2v) is 4.16. The van der Waals surface area contributed by atoms with Gasteiger partial charge < -0.3 is 14.7 Å². The zero-order valence-corrected chi connectivity index (χ0v) is 9.24. The molecule has 0 radical (unpaired) electrons. The Morgan fingerprint density at radius 2 is 2.21 bits per heavy atom. The van der Waals surface area contributed by atoms with Crippen LogP contribution in [0.3, 0.4) is 0 Å². The summed E-state index contributed by atoms with van der Waals surface area (Å²) in [5.74, 6) is 0. The van der Waals surface area contributed by atoms with Gasteiger partial charge in [0.2, 0.25) is 0 Å². The summed E-state index contributed by atoms with van der Waals surface area (Å²) in [6.45, 7) is 3.07. The van der Waals surface area contributed by atoms with E-state index >= 15 is 0 Å². The fraction of sp³-hybridized carbons (Fsp3) is 1.00. The number of nitrogens with zero attached hydrogens (tertiary/aromatic N) is 1. The zero-order chi connectivity index (χ0) is 10.2. The maximum atomic E-state index is 8.72. The van der Waals surface area contributed by atoms with Crippen molar-refractivity contribution in [2.24, 2.45) is 0 Å². The molecule has 1 saturated heterocycles. The van der Waals surface area contributed by atoms with Crippen LogP contribution in [0.5, 0.6) is 0 Å². The van der Waals surface area contributed by atoms with Crippen molar-refractivity contribution in [3.63, 3.8) is 0 Å². The van der Waals surface area contributed by atoms with Gasteiger partial charge in [0.05, 0.1) is 12.7 Å². The summed E-state index contributed by atoms with van der Waals surface area (Å²) >= 11 is 0. The summed E-state index contributed by atoms with van der Waals surface area (Å²) < 4.78 is 5.65. The van der Waals surface area contributed by atoms with Crippen molar-refractivity contribution >= 4 is 0 Å². The molecule has 84 valence electrons. The number of aliphatic hydroxyl groups excluding tert-OH is 1. The van der Waals surface area contributed by atoms with Crippen molar-refractivity contribution in [2.75, 3.05) is 33.4 Å². The van der Waals surface area contributed by atoms with E-state index in [0.29, 0.717) is 6.10 Å². The molecule has 3 nitrogen and oxygen atoms in total. The quantitative estimate of drug-likeness (QED) is 0.702. The average Bonchev–Trinajstić information content (AvgIpc) is 2.20. The Morgan fingerprint density at radius 1 is 1.36 bits per heavy atom. The van der Waals surface area contributed by atoms with Crippen LogP contribution >= 0.6 is 0 Å². The number of rotatable bonds is 6. The number of likely N-dealkylation sites (N-methyl/N-ethyl adjacent to an activating group) is 1. The van der Waals surface area contributed by atoms with Gasteiger partial charge in [0.25, 0.3) is 0 Å². The Labute approximate surface area is 87.1 Å². The fourth-order valence-corrected chi connectivity index (χ4v) is 1.91. The van der Waals surface area contributed by atoms with Crippen LogP contribution < -0.4 is 0 Å². The third kappa shape index (κ3) is 4.94. The van der Waals surface area contributed by atoms with Crippen molar-refractivity contribution in [1.82, 2.24) is 4.90 Å². The number of aliphatic hydroxyl groups is 1. The van der Waals surface area contributed by atoms with Crippen LogP contribution in [0.1, 0.15) is 32.1 Å². The lowest BCUT2D eigenvalue weighted by atomic mass is 10.0. The Kier molecular flexibility index (Phi) is 6.15. The number of hydrogen-bond acceptors (Lipinski definition) is 3. The minimum Gasteiger partial charge on any atom is -0.395 e. The van der Waals surface area contributed by atoms with Crippen LogP contribution in [0.2, 0.25) is 0 Å². The van der Waals surface area contributed by atoms with Crippen molar-refractivity contribution < 1.29 is 9.84 Å². The molecule has 1 rings (SSSR count). The van der Waals surface area contributed by atoms with E-state index in [1.807, 2.05) is 0 Å².